The number of allylic oxidation sites excluding steroid dienone is 2. The second-order valence-corrected chi connectivity index (χ2v) is 9.17. The summed E-state index contributed by atoms with van der Waals surface area (Å²) < 4.78 is 8.05. The van der Waals surface area contributed by atoms with Crippen LogP contribution in [-0.4, -0.2) is 33.9 Å². The summed E-state index contributed by atoms with van der Waals surface area (Å²) in [4.78, 5) is 17.7. The molecule has 1 aromatic heterocycles. The molecule has 2 aromatic rings. The van der Waals surface area contributed by atoms with E-state index in [9.17, 15) is 4.79 Å². The first-order valence-corrected chi connectivity index (χ1v) is 10.7. The number of carbonyl (C=O) groups is 1. The van der Waals surface area contributed by atoms with Crippen molar-refractivity contribution in [2.75, 3.05) is 18.7 Å². The second-order valence-electron chi connectivity index (χ2n) is 7.54. The minimum absolute atomic E-state index is 0.175. The van der Waals surface area contributed by atoms with Gasteiger partial charge in [-0.3, -0.25) is 4.79 Å². The monoisotopic (exact) mass is 448 g/mol. The lowest BCUT2D eigenvalue weighted by atomic mass is 9.72. The Labute approximate surface area is 170 Å². The number of nitrogens with one attached hydrogen (secondary N) is 1. The van der Waals surface area contributed by atoms with Crippen LogP contribution in [0, 0.1) is 11.3 Å². The summed E-state index contributed by atoms with van der Waals surface area (Å²) in [6.45, 7) is 4.17. The number of halogens is 1. The maximum absolute atomic E-state index is 13.1. The molecule has 0 saturated heterocycles. The summed E-state index contributed by atoms with van der Waals surface area (Å²) in [5.74, 6) is 1.34. The van der Waals surface area contributed by atoms with Crippen molar-refractivity contribution in [3.8, 4) is 5.75 Å². The quantitative estimate of drug-likeness (QED) is 0.706. The molecule has 2 atom stereocenters. The van der Waals surface area contributed by atoms with Gasteiger partial charge in [-0.2, -0.15) is 4.98 Å². The number of fused-ring (bicyclic) bond motifs is 2. The Morgan fingerprint density at radius 3 is 2.85 bits per heavy atom. The molecular weight excluding hydrogens is 428 g/mol. The first kappa shape index (κ1) is 18.6. The van der Waals surface area contributed by atoms with Crippen LogP contribution >= 0.6 is 27.7 Å². The summed E-state index contributed by atoms with van der Waals surface area (Å²) >= 11 is 5.05. The fourth-order valence-electron chi connectivity index (χ4n) is 3.89. The minimum Gasteiger partial charge on any atom is -0.496 e. The maximum Gasteiger partial charge on any atom is 0.227 e. The molecule has 27 heavy (non-hydrogen) atoms. The molecule has 142 valence electrons. The lowest BCUT2D eigenvalue weighted by Gasteiger charge is -2.40. The zero-order chi connectivity index (χ0) is 19.3. The predicted molar refractivity (Wildman–Crippen MR) is 109 cm³/mol. The van der Waals surface area contributed by atoms with E-state index in [-0.39, 0.29) is 23.2 Å². The van der Waals surface area contributed by atoms with Crippen molar-refractivity contribution in [2.45, 2.75) is 31.5 Å². The zero-order valence-electron chi connectivity index (χ0n) is 15.6. The normalized spacial score (nSPS) is 23.1. The molecule has 0 spiro atoms. The van der Waals surface area contributed by atoms with Crippen LogP contribution in [0.5, 0.6) is 5.75 Å². The van der Waals surface area contributed by atoms with Crippen LogP contribution in [0.4, 0.5) is 5.95 Å². The smallest absolute Gasteiger partial charge is 0.227 e. The first-order valence-electron chi connectivity index (χ1n) is 8.69. The highest BCUT2D eigenvalue weighted by Crippen LogP contribution is 2.46. The highest BCUT2D eigenvalue weighted by molar-refractivity contribution is 9.10. The van der Waals surface area contributed by atoms with Gasteiger partial charge in [-0.15, -0.1) is 5.10 Å². The Morgan fingerprint density at radius 2 is 2.19 bits per heavy atom. The van der Waals surface area contributed by atoms with Crippen molar-refractivity contribution < 1.29 is 9.53 Å². The second kappa shape index (κ2) is 6.67. The molecule has 2 aliphatic rings. The van der Waals surface area contributed by atoms with Crippen molar-refractivity contribution in [3.63, 3.8) is 0 Å². The van der Waals surface area contributed by atoms with Gasteiger partial charge in [0.05, 0.1) is 23.5 Å². The molecule has 1 N–H and O–H groups in total. The Kier molecular flexibility index (Phi) is 4.58. The molecule has 0 radical (unpaired) electrons. The van der Waals surface area contributed by atoms with E-state index >= 15 is 0 Å². The molecular formula is C19H21BrN4O2S. The van der Waals surface area contributed by atoms with Gasteiger partial charge >= 0.3 is 0 Å². The Balaban J connectivity index is 1.90. The van der Waals surface area contributed by atoms with Crippen molar-refractivity contribution in [2.24, 2.45) is 11.3 Å². The Hall–Kier alpha value is -1.80. The third-order valence-corrected chi connectivity index (χ3v) is 6.16. The number of methoxy groups -OCH3 is 1. The summed E-state index contributed by atoms with van der Waals surface area (Å²) in [5, 5.41) is 8.68. The predicted octanol–water partition coefficient (Wildman–Crippen LogP) is 4.29. The van der Waals surface area contributed by atoms with Gasteiger partial charge in [0.25, 0.3) is 0 Å². The zero-order valence-corrected chi connectivity index (χ0v) is 18.0. The van der Waals surface area contributed by atoms with Gasteiger partial charge in [0.15, 0.2) is 0 Å². The first-order chi connectivity index (χ1) is 12.8. The topological polar surface area (TPSA) is 69.0 Å². The lowest BCUT2D eigenvalue weighted by Crippen LogP contribution is -2.42. The van der Waals surface area contributed by atoms with Crippen LogP contribution < -0.4 is 10.1 Å². The van der Waals surface area contributed by atoms with Crippen molar-refractivity contribution in [1.29, 1.82) is 0 Å². The van der Waals surface area contributed by atoms with Gasteiger partial charge in [0.1, 0.15) is 11.5 Å². The van der Waals surface area contributed by atoms with E-state index in [1.807, 2.05) is 29.1 Å². The van der Waals surface area contributed by atoms with Gasteiger partial charge in [0, 0.05) is 12.1 Å². The van der Waals surface area contributed by atoms with Crippen LogP contribution in [0.2, 0.25) is 0 Å². The van der Waals surface area contributed by atoms with E-state index in [0.717, 1.165) is 21.5 Å². The molecule has 0 saturated carbocycles. The number of hydrogen-bond donors (Lipinski definition) is 1. The molecule has 0 unspecified atom stereocenters. The fraction of sp³-hybridized carbons (Fsp3) is 0.421. The number of Topliss-reactive ketones (excluding diaryl/α,β-unsaturated/α-hetero) is 1. The average Bonchev–Trinajstić information content (AvgIpc) is 3.01. The van der Waals surface area contributed by atoms with Crippen LogP contribution in [0.3, 0.4) is 0 Å². The van der Waals surface area contributed by atoms with Gasteiger partial charge < -0.3 is 10.1 Å². The van der Waals surface area contributed by atoms with Crippen molar-refractivity contribution >= 4 is 39.4 Å². The number of thioether (sulfide) groups is 1. The number of anilines is 1. The highest BCUT2D eigenvalue weighted by atomic mass is 79.9. The molecule has 1 aromatic carbocycles. The summed E-state index contributed by atoms with van der Waals surface area (Å²) in [6, 6.07) is 5.67. The summed E-state index contributed by atoms with van der Waals surface area (Å²) in [7, 11) is 1.64. The lowest BCUT2D eigenvalue weighted by molar-refractivity contribution is -0.125. The van der Waals surface area contributed by atoms with Crippen molar-refractivity contribution in [3.05, 3.63) is 40.0 Å². The molecule has 0 bridgehead atoms. The van der Waals surface area contributed by atoms with E-state index in [1.165, 1.54) is 11.8 Å². The highest BCUT2D eigenvalue weighted by Gasteiger charge is 2.45. The SMILES string of the molecule is COc1ccc([C@H]2[C@@H]3C(=O)CC(C)(C)C=C3Nc3nc(SC)nn32)cc1Br. The van der Waals surface area contributed by atoms with Crippen LogP contribution in [0.25, 0.3) is 0 Å². The molecule has 6 nitrogen and oxygen atoms in total. The van der Waals surface area contributed by atoms with E-state index in [1.54, 1.807) is 7.11 Å². The number of nitrogens with zero attached hydrogens (tertiary/aromatic N) is 3. The largest absolute Gasteiger partial charge is 0.496 e. The number of ether oxygens (including phenoxy) is 1. The fourth-order valence-corrected chi connectivity index (χ4v) is 4.80. The Bertz CT molecular complexity index is 953. The Morgan fingerprint density at radius 1 is 1.41 bits per heavy atom. The van der Waals surface area contributed by atoms with Gasteiger partial charge in [-0.25, -0.2) is 4.68 Å². The summed E-state index contributed by atoms with van der Waals surface area (Å²) in [5.41, 5.74) is 1.73. The third-order valence-electron chi connectivity index (χ3n) is 5.01. The number of aromatic nitrogens is 3. The molecule has 4 rings (SSSR count). The number of benzene rings is 1. The van der Waals surface area contributed by atoms with Crippen LogP contribution in [0.15, 0.2) is 39.6 Å². The van der Waals surface area contributed by atoms with Crippen LogP contribution in [-0.2, 0) is 4.79 Å². The maximum atomic E-state index is 13.1. The van der Waals surface area contributed by atoms with E-state index in [0.29, 0.717) is 17.5 Å². The van der Waals surface area contributed by atoms with E-state index in [4.69, 9.17) is 4.74 Å². The van der Waals surface area contributed by atoms with Gasteiger partial charge in [0.2, 0.25) is 11.1 Å². The number of rotatable bonds is 3. The van der Waals surface area contributed by atoms with E-state index < -0.39 is 0 Å². The number of carbonyl (C=O) groups excluding carboxylic acids is 1. The molecule has 0 fully saturated rings. The third kappa shape index (κ3) is 3.18. The van der Waals surface area contributed by atoms with Gasteiger partial charge in [-0.05, 0) is 45.3 Å². The number of hydrogen-bond acceptors (Lipinski definition) is 6. The molecule has 0 amide bonds. The average molecular weight is 449 g/mol. The van der Waals surface area contributed by atoms with Crippen LogP contribution in [0.1, 0.15) is 31.9 Å². The summed E-state index contributed by atoms with van der Waals surface area (Å²) in [6.07, 6.45) is 4.62. The van der Waals surface area contributed by atoms with Gasteiger partial charge in [-0.1, -0.05) is 37.8 Å². The standard InChI is InChI=1S/C19H21BrN4O2S/c1-19(2)8-12-15(13(25)9-19)16(10-5-6-14(26-3)11(20)7-10)24-17(21-12)22-18(23-24)27-4/h5-8,15-16H,9H2,1-4H3,(H,21,22,23)/t15-,16-/m0/s1. The molecule has 2 heterocycles. The molecule has 8 heteroatoms. The number of ketones is 1. The van der Waals surface area contributed by atoms with Crippen molar-refractivity contribution in [1.82, 2.24) is 14.8 Å². The van der Waals surface area contributed by atoms with E-state index in [2.05, 4.69) is 51.3 Å². The minimum atomic E-state index is -0.303. The molecule has 1 aliphatic carbocycles. The molecule has 1 aliphatic heterocycles.